The smallest absolute Gasteiger partial charge is 0.219 e. The third-order valence-corrected chi connectivity index (χ3v) is 5.38. The van der Waals surface area contributed by atoms with E-state index in [0.29, 0.717) is 29.0 Å². The van der Waals surface area contributed by atoms with E-state index >= 15 is 0 Å². The summed E-state index contributed by atoms with van der Waals surface area (Å²) in [6.45, 7) is 2.97. The Kier molecular flexibility index (Phi) is 6.84. The van der Waals surface area contributed by atoms with Gasteiger partial charge in [-0.05, 0) is 61.0 Å². The fraction of sp³-hybridized carbons (Fsp3) is 0.250. The Morgan fingerprint density at radius 2 is 1.74 bits per heavy atom. The van der Waals surface area contributed by atoms with Gasteiger partial charge in [0.2, 0.25) is 5.88 Å². The lowest BCUT2D eigenvalue weighted by Gasteiger charge is -2.18. The molecule has 0 amide bonds. The van der Waals surface area contributed by atoms with E-state index in [9.17, 15) is 0 Å². The van der Waals surface area contributed by atoms with Crippen LogP contribution in [0.25, 0.3) is 0 Å². The molecule has 0 atom stereocenters. The first-order chi connectivity index (χ1) is 15.2. The second kappa shape index (κ2) is 10.1. The van der Waals surface area contributed by atoms with E-state index < -0.39 is 0 Å². The van der Waals surface area contributed by atoms with E-state index in [1.54, 1.807) is 19.4 Å². The van der Waals surface area contributed by atoms with Crippen molar-refractivity contribution in [1.29, 1.82) is 0 Å². The molecule has 2 aromatic carbocycles. The molecule has 1 fully saturated rings. The lowest BCUT2D eigenvalue weighted by Crippen LogP contribution is -2.28. The number of aromatic nitrogens is 1. The highest BCUT2D eigenvalue weighted by molar-refractivity contribution is 7.80. The van der Waals surface area contributed by atoms with Crippen molar-refractivity contribution in [2.45, 2.75) is 19.4 Å². The van der Waals surface area contributed by atoms with Crippen LogP contribution in [-0.4, -0.2) is 30.3 Å². The summed E-state index contributed by atoms with van der Waals surface area (Å²) in [6.07, 6.45) is 4.25. The maximum Gasteiger partial charge on any atom is 0.219 e. The van der Waals surface area contributed by atoms with Crippen LogP contribution in [0.15, 0.2) is 66.9 Å². The molecule has 2 N–H and O–H groups in total. The van der Waals surface area contributed by atoms with Gasteiger partial charge < -0.3 is 25.0 Å². The quantitative estimate of drug-likeness (QED) is 0.509. The summed E-state index contributed by atoms with van der Waals surface area (Å²) >= 11 is 5.41. The third kappa shape index (κ3) is 5.64. The van der Waals surface area contributed by atoms with Gasteiger partial charge in [-0.1, -0.05) is 24.3 Å². The molecule has 4 rings (SSSR count). The maximum atomic E-state index is 5.80. The van der Waals surface area contributed by atoms with Crippen LogP contribution in [-0.2, 0) is 6.54 Å². The van der Waals surface area contributed by atoms with Crippen LogP contribution < -0.4 is 25.0 Å². The molecule has 0 saturated carbocycles. The number of para-hydroxylation sites is 2. The van der Waals surface area contributed by atoms with Crippen LogP contribution in [0, 0.1) is 0 Å². The molecule has 7 heteroatoms. The molecule has 1 aromatic heterocycles. The average molecular weight is 435 g/mol. The molecule has 160 valence electrons. The molecule has 0 aliphatic carbocycles. The van der Waals surface area contributed by atoms with Crippen molar-refractivity contribution in [2.24, 2.45) is 0 Å². The predicted molar refractivity (Wildman–Crippen MR) is 128 cm³/mol. The monoisotopic (exact) mass is 434 g/mol. The van der Waals surface area contributed by atoms with E-state index in [4.69, 9.17) is 21.7 Å². The first-order valence-electron chi connectivity index (χ1n) is 10.4. The Labute approximate surface area is 188 Å². The van der Waals surface area contributed by atoms with Crippen LogP contribution in [0.1, 0.15) is 18.4 Å². The zero-order valence-electron chi connectivity index (χ0n) is 17.5. The Hall–Kier alpha value is -3.32. The molecular weight excluding hydrogens is 408 g/mol. The number of hydrogen-bond acceptors (Lipinski definition) is 5. The molecular formula is C24H26N4O2S. The Morgan fingerprint density at radius 1 is 1.00 bits per heavy atom. The molecule has 0 spiro atoms. The van der Waals surface area contributed by atoms with Crippen molar-refractivity contribution in [3.8, 4) is 17.4 Å². The van der Waals surface area contributed by atoms with E-state index in [1.165, 1.54) is 24.1 Å². The Morgan fingerprint density at radius 3 is 2.42 bits per heavy atom. The number of nitrogens with zero attached hydrogens (tertiary/aromatic N) is 2. The number of hydrogen-bond donors (Lipinski definition) is 2. The largest absolute Gasteiger partial charge is 0.493 e. The predicted octanol–water partition coefficient (Wildman–Crippen LogP) is 4.97. The number of benzene rings is 2. The van der Waals surface area contributed by atoms with Gasteiger partial charge in [0.15, 0.2) is 16.6 Å². The van der Waals surface area contributed by atoms with Crippen molar-refractivity contribution < 1.29 is 9.47 Å². The Bertz CT molecular complexity index is 1000. The molecule has 6 nitrogen and oxygen atoms in total. The molecule has 1 aliphatic rings. The van der Waals surface area contributed by atoms with Gasteiger partial charge in [-0.3, -0.25) is 0 Å². The Balaban J connectivity index is 1.26. The molecule has 0 bridgehead atoms. The zero-order valence-corrected chi connectivity index (χ0v) is 18.3. The summed E-state index contributed by atoms with van der Waals surface area (Å²) in [5.74, 6) is 1.75. The van der Waals surface area contributed by atoms with Crippen LogP contribution in [0.2, 0.25) is 0 Å². The number of pyridine rings is 1. The minimum atomic E-state index is 0.479. The van der Waals surface area contributed by atoms with Gasteiger partial charge in [-0.25, -0.2) is 4.98 Å². The standard InChI is InChI=1S/C24H26N4O2S/c1-29-21-6-2-3-7-22(21)30-23-13-10-19(17-25-23)27-24(31)26-16-18-8-11-20(12-9-18)28-14-4-5-15-28/h2-3,6-13,17H,4-5,14-16H2,1H3,(H2,26,27,31). The average Bonchev–Trinajstić information content (AvgIpc) is 3.35. The van der Waals surface area contributed by atoms with Crippen LogP contribution in [0.3, 0.4) is 0 Å². The minimum absolute atomic E-state index is 0.479. The summed E-state index contributed by atoms with van der Waals surface area (Å²) < 4.78 is 11.1. The molecule has 2 heterocycles. The third-order valence-electron chi connectivity index (χ3n) is 5.14. The van der Waals surface area contributed by atoms with Crippen LogP contribution in [0.5, 0.6) is 17.4 Å². The molecule has 3 aromatic rings. The highest BCUT2D eigenvalue weighted by Gasteiger charge is 2.11. The number of nitrogens with one attached hydrogen (secondary N) is 2. The number of anilines is 2. The first kappa shape index (κ1) is 20.9. The second-order valence-electron chi connectivity index (χ2n) is 7.31. The van der Waals surface area contributed by atoms with Gasteiger partial charge >= 0.3 is 0 Å². The SMILES string of the molecule is COc1ccccc1Oc1ccc(NC(=S)NCc2ccc(N3CCCC3)cc2)cn1. The van der Waals surface area contributed by atoms with Crippen LogP contribution >= 0.6 is 12.2 Å². The van der Waals surface area contributed by atoms with Gasteiger partial charge in [-0.2, -0.15) is 0 Å². The second-order valence-corrected chi connectivity index (χ2v) is 7.71. The topological polar surface area (TPSA) is 58.7 Å². The molecule has 1 saturated heterocycles. The summed E-state index contributed by atoms with van der Waals surface area (Å²) in [7, 11) is 1.61. The molecule has 0 unspecified atom stereocenters. The lowest BCUT2D eigenvalue weighted by atomic mass is 10.2. The van der Waals surface area contributed by atoms with Gasteiger partial charge in [0, 0.05) is 31.4 Å². The molecule has 31 heavy (non-hydrogen) atoms. The first-order valence-corrected chi connectivity index (χ1v) is 10.8. The fourth-order valence-corrected chi connectivity index (χ4v) is 3.68. The summed E-state index contributed by atoms with van der Waals surface area (Å²) in [6, 6.07) is 19.8. The normalized spacial score (nSPS) is 13.0. The van der Waals surface area contributed by atoms with Gasteiger partial charge in [0.25, 0.3) is 0 Å². The van der Waals surface area contributed by atoms with E-state index in [0.717, 1.165) is 18.8 Å². The van der Waals surface area contributed by atoms with E-state index in [-0.39, 0.29) is 0 Å². The summed E-state index contributed by atoms with van der Waals surface area (Å²) in [5, 5.41) is 6.93. The molecule has 1 aliphatic heterocycles. The number of rotatable bonds is 7. The van der Waals surface area contributed by atoms with Crippen molar-refractivity contribution in [1.82, 2.24) is 10.3 Å². The maximum absolute atomic E-state index is 5.80. The molecule has 0 radical (unpaired) electrons. The van der Waals surface area contributed by atoms with Gasteiger partial charge in [0.05, 0.1) is 19.0 Å². The zero-order chi connectivity index (χ0) is 21.5. The van der Waals surface area contributed by atoms with Crippen LogP contribution in [0.4, 0.5) is 11.4 Å². The fourth-order valence-electron chi connectivity index (χ4n) is 3.49. The van der Waals surface area contributed by atoms with E-state index in [2.05, 4.69) is 44.8 Å². The van der Waals surface area contributed by atoms with Gasteiger partial charge in [-0.15, -0.1) is 0 Å². The minimum Gasteiger partial charge on any atom is -0.493 e. The highest BCUT2D eigenvalue weighted by Crippen LogP contribution is 2.30. The lowest BCUT2D eigenvalue weighted by molar-refractivity contribution is 0.374. The van der Waals surface area contributed by atoms with Crippen molar-refractivity contribution >= 4 is 28.7 Å². The number of thiocarbonyl (C=S) groups is 1. The highest BCUT2D eigenvalue weighted by atomic mass is 32.1. The van der Waals surface area contributed by atoms with Crippen molar-refractivity contribution in [3.63, 3.8) is 0 Å². The van der Waals surface area contributed by atoms with Crippen molar-refractivity contribution in [2.75, 3.05) is 30.4 Å². The summed E-state index contributed by atoms with van der Waals surface area (Å²) in [5.41, 5.74) is 3.27. The number of ether oxygens (including phenoxy) is 2. The summed E-state index contributed by atoms with van der Waals surface area (Å²) in [4.78, 5) is 6.76. The van der Waals surface area contributed by atoms with Gasteiger partial charge in [0.1, 0.15) is 0 Å². The number of methoxy groups -OCH3 is 1. The van der Waals surface area contributed by atoms with Crippen molar-refractivity contribution in [3.05, 3.63) is 72.4 Å². The van der Waals surface area contributed by atoms with E-state index in [1.807, 2.05) is 30.3 Å².